The molecule has 17 heteroatoms. The van der Waals surface area contributed by atoms with Gasteiger partial charge in [-0.25, -0.2) is 26.4 Å². The molecule has 0 fully saturated rings. The summed E-state index contributed by atoms with van der Waals surface area (Å²) < 4.78 is 67.8. The van der Waals surface area contributed by atoms with Crippen LogP contribution in [-0.2, 0) is 29.5 Å². The van der Waals surface area contributed by atoms with Crippen LogP contribution in [0.25, 0.3) is 21.5 Å². The van der Waals surface area contributed by atoms with Crippen molar-refractivity contribution in [2.24, 2.45) is 4.99 Å². The molecule has 0 heterocycles. The molecular formula is C38H31Cl2N5O8S2. The van der Waals surface area contributed by atoms with Gasteiger partial charge in [-0.3, -0.25) is 14.4 Å². The molecule has 0 atom stereocenters. The molecule has 6 aromatic carbocycles. The predicted octanol–water partition coefficient (Wildman–Crippen LogP) is 7.98. The second-order valence-corrected chi connectivity index (χ2v) is 16.0. The molecule has 0 bridgehead atoms. The number of carbonyl (C=O) groups excluding carboxylic acids is 2. The molecule has 0 amide bonds. The molecule has 0 aliphatic rings. The molecule has 0 unspecified atom stereocenters. The van der Waals surface area contributed by atoms with Crippen LogP contribution in [0.1, 0.15) is 20.7 Å². The van der Waals surface area contributed by atoms with Crippen LogP contribution in [0.4, 0.5) is 22.7 Å². The Balaban J connectivity index is 1.19. The van der Waals surface area contributed by atoms with Crippen molar-refractivity contribution in [3.8, 4) is 0 Å². The summed E-state index contributed by atoms with van der Waals surface area (Å²) >= 11 is 12.2. The normalized spacial score (nSPS) is 11.4. The van der Waals surface area contributed by atoms with Crippen molar-refractivity contribution < 1.29 is 35.9 Å². The van der Waals surface area contributed by atoms with E-state index >= 15 is 0 Å². The van der Waals surface area contributed by atoms with Crippen LogP contribution in [0.15, 0.2) is 124 Å². The summed E-state index contributed by atoms with van der Waals surface area (Å²) in [6, 6.07) is 28.4. The largest absolute Gasteiger partial charge is 0.465 e. The van der Waals surface area contributed by atoms with Crippen LogP contribution in [-0.4, -0.2) is 56.0 Å². The zero-order valence-corrected chi connectivity index (χ0v) is 32.3. The first kappa shape index (κ1) is 38.8. The number of hydrogen-bond donors (Lipinski definition) is 4. The summed E-state index contributed by atoms with van der Waals surface area (Å²) in [6.07, 6.45) is 0. The maximum absolute atomic E-state index is 13.3. The lowest BCUT2D eigenvalue weighted by atomic mass is 10.1. The predicted molar refractivity (Wildman–Crippen MR) is 216 cm³/mol. The smallest absolute Gasteiger partial charge is 0.339 e. The number of carbonyl (C=O) groups is 2. The first-order chi connectivity index (χ1) is 26.2. The SMILES string of the molecule is CN=C(Nc1ccc2ccc(S(=O)(=O)Nc3ccc(Cl)c(C(=O)OC)c3)cc2c1)Nc1ccc2ccc(S(=O)(=O)Nc3ccc(Cl)c(C(=O)OC)c3)cc2c1. The average Bonchev–Trinajstić information content (AvgIpc) is 3.17. The summed E-state index contributed by atoms with van der Waals surface area (Å²) in [7, 11) is -4.16. The Morgan fingerprint density at radius 2 is 0.909 bits per heavy atom. The molecule has 55 heavy (non-hydrogen) atoms. The number of nitrogens with one attached hydrogen (secondary N) is 4. The van der Waals surface area contributed by atoms with Gasteiger partial charge >= 0.3 is 11.9 Å². The number of nitrogens with zero attached hydrogens (tertiary/aromatic N) is 1. The first-order valence-corrected chi connectivity index (χ1v) is 19.8. The number of halogens is 2. The third-order valence-electron chi connectivity index (χ3n) is 8.24. The van der Waals surface area contributed by atoms with Gasteiger partial charge in [-0.1, -0.05) is 47.5 Å². The van der Waals surface area contributed by atoms with E-state index in [1.807, 2.05) is 24.3 Å². The fraction of sp³-hybridized carbons (Fsp3) is 0.0789. The number of fused-ring (bicyclic) bond motifs is 2. The van der Waals surface area contributed by atoms with E-state index in [1.165, 1.54) is 74.9 Å². The van der Waals surface area contributed by atoms with E-state index in [0.29, 0.717) is 28.1 Å². The number of methoxy groups -OCH3 is 2. The van der Waals surface area contributed by atoms with Crippen molar-refractivity contribution in [3.05, 3.63) is 130 Å². The van der Waals surface area contributed by atoms with E-state index < -0.39 is 32.0 Å². The highest BCUT2D eigenvalue weighted by Gasteiger charge is 2.20. The van der Waals surface area contributed by atoms with Gasteiger partial charge in [0.1, 0.15) is 0 Å². The highest BCUT2D eigenvalue weighted by molar-refractivity contribution is 7.93. The van der Waals surface area contributed by atoms with Crippen molar-refractivity contribution in [1.29, 1.82) is 0 Å². The second kappa shape index (κ2) is 15.8. The first-order valence-electron chi connectivity index (χ1n) is 16.1. The number of ether oxygens (including phenoxy) is 2. The van der Waals surface area contributed by atoms with Crippen molar-refractivity contribution in [1.82, 2.24) is 0 Å². The van der Waals surface area contributed by atoms with Crippen LogP contribution in [0.2, 0.25) is 10.0 Å². The lowest BCUT2D eigenvalue weighted by Gasteiger charge is -2.14. The van der Waals surface area contributed by atoms with Gasteiger partial charge in [-0.15, -0.1) is 0 Å². The van der Waals surface area contributed by atoms with Gasteiger partial charge in [0.05, 0.1) is 45.2 Å². The third-order valence-corrected chi connectivity index (χ3v) is 11.7. The molecule has 4 N–H and O–H groups in total. The zero-order chi connectivity index (χ0) is 39.5. The van der Waals surface area contributed by atoms with Gasteiger partial charge in [-0.2, -0.15) is 0 Å². The van der Waals surface area contributed by atoms with Crippen molar-refractivity contribution in [2.75, 3.05) is 41.3 Å². The number of hydrogen-bond acceptors (Lipinski definition) is 9. The summed E-state index contributed by atoms with van der Waals surface area (Å²) in [5, 5.41) is 9.41. The van der Waals surface area contributed by atoms with Crippen LogP contribution in [0.3, 0.4) is 0 Å². The van der Waals surface area contributed by atoms with Gasteiger partial charge in [0.15, 0.2) is 5.96 Å². The molecule has 0 aliphatic carbocycles. The molecule has 282 valence electrons. The number of esters is 2. The van der Waals surface area contributed by atoms with E-state index in [4.69, 9.17) is 32.7 Å². The van der Waals surface area contributed by atoms with Crippen molar-refractivity contribution in [2.45, 2.75) is 9.79 Å². The van der Waals surface area contributed by atoms with Gasteiger partial charge in [0.2, 0.25) is 0 Å². The summed E-state index contributed by atoms with van der Waals surface area (Å²) in [6.45, 7) is 0. The Hall–Kier alpha value is -5.87. The molecule has 0 saturated carbocycles. The van der Waals surface area contributed by atoms with Gasteiger partial charge in [-0.05, 0) is 106 Å². The Labute approximate surface area is 326 Å². The molecule has 0 saturated heterocycles. The van der Waals surface area contributed by atoms with Crippen molar-refractivity contribution >= 4 is 105 Å². The topological polar surface area (TPSA) is 181 Å². The van der Waals surface area contributed by atoms with Gasteiger partial charge in [0.25, 0.3) is 20.0 Å². The molecular weight excluding hydrogens is 789 g/mol. The average molecular weight is 821 g/mol. The highest BCUT2D eigenvalue weighted by atomic mass is 35.5. The number of aliphatic imine (C=N–C) groups is 1. The summed E-state index contributed by atoms with van der Waals surface area (Å²) in [5.41, 5.74) is 1.49. The van der Waals surface area contributed by atoms with E-state index in [9.17, 15) is 26.4 Å². The Kier molecular flexibility index (Phi) is 11.2. The molecule has 0 aliphatic heterocycles. The summed E-state index contributed by atoms with van der Waals surface area (Å²) in [4.78, 5) is 28.4. The Morgan fingerprint density at radius 3 is 1.29 bits per heavy atom. The van der Waals surface area contributed by atoms with E-state index in [-0.39, 0.29) is 42.3 Å². The lowest BCUT2D eigenvalue weighted by Crippen LogP contribution is -2.21. The lowest BCUT2D eigenvalue weighted by molar-refractivity contribution is 0.0592. The van der Waals surface area contributed by atoms with E-state index in [2.05, 4.69) is 25.1 Å². The number of guanidine groups is 1. The van der Waals surface area contributed by atoms with Gasteiger partial charge < -0.3 is 20.1 Å². The Morgan fingerprint density at radius 1 is 0.527 bits per heavy atom. The minimum atomic E-state index is -4.07. The molecule has 6 rings (SSSR count). The monoisotopic (exact) mass is 819 g/mol. The van der Waals surface area contributed by atoms with Crippen molar-refractivity contribution in [3.63, 3.8) is 0 Å². The van der Waals surface area contributed by atoms with E-state index in [0.717, 1.165) is 10.8 Å². The molecule has 6 aromatic rings. The molecule has 0 radical (unpaired) electrons. The fourth-order valence-electron chi connectivity index (χ4n) is 5.49. The minimum absolute atomic E-state index is 0.0129. The van der Waals surface area contributed by atoms with Crippen LogP contribution in [0, 0.1) is 0 Å². The Bertz CT molecular complexity index is 2580. The maximum atomic E-state index is 13.3. The summed E-state index contributed by atoms with van der Waals surface area (Å²) in [5.74, 6) is -1.06. The van der Waals surface area contributed by atoms with E-state index in [1.54, 1.807) is 31.3 Å². The highest BCUT2D eigenvalue weighted by Crippen LogP contribution is 2.29. The third kappa shape index (κ3) is 8.76. The van der Waals surface area contributed by atoms with Crippen LogP contribution in [0.5, 0.6) is 0 Å². The second-order valence-electron chi connectivity index (χ2n) is 11.9. The maximum Gasteiger partial charge on any atom is 0.339 e. The van der Waals surface area contributed by atoms with Crippen LogP contribution < -0.4 is 20.1 Å². The number of anilines is 4. The minimum Gasteiger partial charge on any atom is -0.465 e. The number of sulfonamides is 2. The molecule has 0 aromatic heterocycles. The number of benzene rings is 6. The quantitative estimate of drug-likeness (QED) is 0.0601. The standard InChI is InChI=1S/C38H31Cl2N5O8S2/c1-41-38(42-26-8-4-22-6-12-30(18-24(22)16-26)54(48,49)44-28-10-14-34(39)32(20-28)36(46)52-2)43-27-9-5-23-7-13-31(19-25(23)17-27)55(50,51)45-29-11-15-35(40)33(21-29)37(47)53-3/h4-21,44-45H,1-3H3,(H2,41,42,43). The molecule has 0 spiro atoms. The number of rotatable bonds is 10. The molecule has 13 nitrogen and oxygen atoms in total. The van der Waals surface area contributed by atoms with Gasteiger partial charge in [0, 0.05) is 29.8 Å². The zero-order valence-electron chi connectivity index (χ0n) is 29.2. The fourth-order valence-corrected chi connectivity index (χ4v) is 8.05. The van der Waals surface area contributed by atoms with Crippen LogP contribution >= 0.6 is 23.2 Å².